The summed E-state index contributed by atoms with van der Waals surface area (Å²) >= 11 is 0. The largest absolute Gasteiger partial charge is 0.475 e. The zero-order valence-corrected chi connectivity index (χ0v) is 31.6. The predicted octanol–water partition coefficient (Wildman–Crippen LogP) is 11.6. The lowest BCUT2D eigenvalue weighted by atomic mass is 9.66. The lowest BCUT2D eigenvalue weighted by molar-refractivity contribution is 0.279. The molecule has 268 valence electrons. The number of hydrogen-bond donors (Lipinski definition) is 0. The molecule has 0 fully saturated rings. The van der Waals surface area contributed by atoms with E-state index in [0.29, 0.717) is 13.2 Å². The SMILES string of the molecule is CC1(C)COC(c2ccc(-c3ccc4c(c3)C(c3ccccc3)(c3ccccc3)c3c-4ccc4cc(-c5ccc(C6=NC(C)(C)CO6)cc5)ccc34)cc2)=N1. The molecule has 4 nitrogen and oxygen atoms in total. The summed E-state index contributed by atoms with van der Waals surface area (Å²) in [5, 5.41) is 2.47. The number of fused-ring (bicyclic) bond motifs is 5. The first-order chi connectivity index (χ1) is 26.7. The first-order valence-electron chi connectivity index (χ1n) is 19.2. The van der Waals surface area contributed by atoms with Gasteiger partial charge >= 0.3 is 0 Å². The Balaban J connectivity index is 1.13. The highest BCUT2D eigenvalue weighted by Crippen LogP contribution is 2.58. The highest BCUT2D eigenvalue weighted by atomic mass is 16.5. The van der Waals surface area contributed by atoms with Gasteiger partial charge in [0.2, 0.25) is 11.8 Å². The Morgan fingerprint density at radius 2 is 0.891 bits per heavy atom. The molecule has 0 saturated carbocycles. The van der Waals surface area contributed by atoms with E-state index in [1.807, 2.05) is 0 Å². The summed E-state index contributed by atoms with van der Waals surface area (Å²) in [7, 11) is 0. The van der Waals surface area contributed by atoms with Gasteiger partial charge in [-0.3, -0.25) is 0 Å². The zero-order chi connectivity index (χ0) is 37.4. The molecule has 2 heterocycles. The maximum Gasteiger partial charge on any atom is 0.216 e. The van der Waals surface area contributed by atoms with Crippen LogP contribution in [0.15, 0.2) is 168 Å². The van der Waals surface area contributed by atoms with E-state index in [1.54, 1.807) is 0 Å². The Morgan fingerprint density at radius 3 is 1.40 bits per heavy atom. The first kappa shape index (κ1) is 33.3. The molecular formula is C51H42N2O2. The standard InChI is InChI=1S/C51H42N2O2/c1-49(2)31-54-47(52-49)35-19-15-33(16-20-35)37-23-26-42-39(29-37)25-28-44-43-27-24-38(34-17-21-36(22-18-34)48-53-50(3,4)32-55-48)30-45(43)51(46(42)44,40-11-7-5-8-12-40)41-13-9-6-10-14-41/h5-30H,31-32H2,1-4H3. The van der Waals surface area contributed by atoms with Crippen LogP contribution in [0.5, 0.6) is 0 Å². The Morgan fingerprint density at radius 1 is 0.436 bits per heavy atom. The average Bonchev–Trinajstić information content (AvgIpc) is 3.88. The summed E-state index contributed by atoms with van der Waals surface area (Å²) in [6.45, 7) is 9.62. The quantitative estimate of drug-likeness (QED) is 0.172. The van der Waals surface area contributed by atoms with Gasteiger partial charge in [0.1, 0.15) is 13.2 Å². The number of hydrogen-bond acceptors (Lipinski definition) is 4. The van der Waals surface area contributed by atoms with Gasteiger partial charge in [-0.25, -0.2) is 9.98 Å². The summed E-state index contributed by atoms with van der Waals surface area (Å²) < 4.78 is 11.9. The molecule has 7 aromatic rings. The van der Waals surface area contributed by atoms with Gasteiger partial charge in [-0.15, -0.1) is 0 Å². The fraction of sp³-hybridized carbons (Fsp3) is 0.176. The molecule has 0 spiro atoms. The molecule has 0 aromatic heterocycles. The molecule has 0 radical (unpaired) electrons. The highest BCUT2D eigenvalue weighted by molar-refractivity contribution is 6.02. The summed E-state index contributed by atoms with van der Waals surface area (Å²) in [5.41, 5.74) is 13.4. The average molecular weight is 715 g/mol. The number of nitrogens with zero attached hydrogens (tertiary/aromatic N) is 2. The molecule has 7 aromatic carbocycles. The molecule has 2 aliphatic heterocycles. The zero-order valence-electron chi connectivity index (χ0n) is 31.6. The van der Waals surface area contributed by atoms with Gasteiger partial charge in [0.25, 0.3) is 0 Å². The second kappa shape index (κ2) is 12.4. The van der Waals surface area contributed by atoms with Crippen LogP contribution in [-0.2, 0) is 14.9 Å². The van der Waals surface area contributed by atoms with Crippen molar-refractivity contribution in [2.24, 2.45) is 9.98 Å². The third-order valence-corrected chi connectivity index (χ3v) is 11.4. The molecule has 3 aliphatic rings. The number of aliphatic imine (C=N–C) groups is 2. The number of rotatable bonds is 6. The van der Waals surface area contributed by atoms with Crippen molar-refractivity contribution in [2.75, 3.05) is 13.2 Å². The molecular weight excluding hydrogens is 673 g/mol. The van der Waals surface area contributed by atoms with Crippen molar-refractivity contribution in [3.8, 4) is 33.4 Å². The molecule has 0 atom stereocenters. The van der Waals surface area contributed by atoms with E-state index in [0.717, 1.165) is 34.0 Å². The Labute approximate surface area is 322 Å². The fourth-order valence-corrected chi connectivity index (χ4v) is 8.76. The predicted molar refractivity (Wildman–Crippen MR) is 225 cm³/mol. The van der Waals surface area contributed by atoms with Crippen molar-refractivity contribution in [1.82, 2.24) is 0 Å². The van der Waals surface area contributed by atoms with Crippen LogP contribution in [0.25, 0.3) is 44.2 Å². The van der Waals surface area contributed by atoms with Crippen LogP contribution < -0.4 is 0 Å². The molecule has 0 N–H and O–H groups in total. The van der Waals surface area contributed by atoms with Crippen LogP contribution >= 0.6 is 0 Å². The maximum absolute atomic E-state index is 5.96. The van der Waals surface area contributed by atoms with E-state index in [9.17, 15) is 0 Å². The number of ether oxygens (including phenoxy) is 2. The Hall–Kier alpha value is -6.26. The minimum atomic E-state index is -0.542. The fourth-order valence-electron chi connectivity index (χ4n) is 8.76. The Bertz CT molecular complexity index is 2630. The minimum Gasteiger partial charge on any atom is -0.475 e. The normalized spacial score (nSPS) is 17.2. The summed E-state index contributed by atoms with van der Waals surface area (Å²) in [6, 6.07) is 58.0. The van der Waals surface area contributed by atoms with E-state index >= 15 is 0 Å². The van der Waals surface area contributed by atoms with Gasteiger partial charge in [-0.05, 0) is 131 Å². The van der Waals surface area contributed by atoms with Gasteiger partial charge < -0.3 is 9.47 Å². The topological polar surface area (TPSA) is 43.2 Å². The second-order valence-corrected chi connectivity index (χ2v) is 16.4. The lowest BCUT2D eigenvalue weighted by Gasteiger charge is -2.35. The van der Waals surface area contributed by atoms with E-state index in [2.05, 4.69) is 185 Å². The van der Waals surface area contributed by atoms with Crippen molar-refractivity contribution in [3.63, 3.8) is 0 Å². The van der Waals surface area contributed by atoms with Crippen LogP contribution in [0.2, 0.25) is 0 Å². The molecule has 10 rings (SSSR count). The third-order valence-electron chi connectivity index (χ3n) is 11.4. The first-order valence-corrected chi connectivity index (χ1v) is 19.2. The molecule has 0 unspecified atom stereocenters. The van der Waals surface area contributed by atoms with Crippen molar-refractivity contribution in [2.45, 2.75) is 44.2 Å². The lowest BCUT2D eigenvalue weighted by Crippen LogP contribution is -2.28. The molecule has 0 bridgehead atoms. The number of benzene rings is 7. The molecule has 0 saturated heterocycles. The molecule has 1 aliphatic carbocycles. The van der Waals surface area contributed by atoms with Crippen molar-refractivity contribution < 1.29 is 9.47 Å². The van der Waals surface area contributed by atoms with E-state index in [1.165, 1.54) is 55.3 Å². The van der Waals surface area contributed by atoms with Gasteiger partial charge in [0, 0.05) is 11.1 Å². The monoisotopic (exact) mass is 714 g/mol. The summed E-state index contributed by atoms with van der Waals surface area (Å²) in [4.78, 5) is 9.58. The van der Waals surface area contributed by atoms with Crippen LogP contribution in [0.3, 0.4) is 0 Å². The summed E-state index contributed by atoms with van der Waals surface area (Å²) in [6.07, 6.45) is 0. The minimum absolute atomic E-state index is 0.188. The smallest absolute Gasteiger partial charge is 0.216 e. The molecule has 55 heavy (non-hydrogen) atoms. The molecule has 0 amide bonds. The third kappa shape index (κ3) is 5.50. The van der Waals surface area contributed by atoms with Crippen molar-refractivity contribution >= 4 is 22.6 Å². The van der Waals surface area contributed by atoms with Crippen LogP contribution in [0.4, 0.5) is 0 Å². The van der Waals surface area contributed by atoms with Crippen LogP contribution in [0, 0.1) is 0 Å². The maximum atomic E-state index is 5.96. The van der Waals surface area contributed by atoms with E-state index < -0.39 is 5.41 Å². The van der Waals surface area contributed by atoms with Gasteiger partial charge in [0.15, 0.2) is 0 Å². The second-order valence-electron chi connectivity index (χ2n) is 16.4. The van der Waals surface area contributed by atoms with Crippen LogP contribution in [0.1, 0.15) is 61.1 Å². The molecule has 4 heteroatoms. The van der Waals surface area contributed by atoms with Crippen molar-refractivity contribution in [1.29, 1.82) is 0 Å². The van der Waals surface area contributed by atoms with Gasteiger partial charge in [0.05, 0.1) is 16.5 Å². The van der Waals surface area contributed by atoms with Crippen LogP contribution in [-0.4, -0.2) is 36.1 Å². The van der Waals surface area contributed by atoms with E-state index in [4.69, 9.17) is 19.5 Å². The summed E-state index contributed by atoms with van der Waals surface area (Å²) in [5.74, 6) is 1.44. The Kier molecular flexibility index (Phi) is 7.51. The highest BCUT2D eigenvalue weighted by Gasteiger charge is 2.47. The van der Waals surface area contributed by atoms with Crippen molar-refractivity contribution in [3.05, 3.63) is 191 Å². The van der Waals surface area contributed by atoms with Gasteiger partial charge in [-0.1, -0.05) is 121 Å². The van der Waals surface area contributed by atoms with Gasteiger partial charge in [-0.2, -0.15) is 0 Å². The van der Waals surface area contributed by atoms with E-state index in [-0.39, 0.29) is 11.1 Å².